The number of aromatic amines is 2. The molecule has 1 atom stereocenters. The van der Waals surface area contributed by atoms with Gasteiger partial charge >= 0.3 is 12.1 Å². The third-order valence-corrected chi connectivity index (χ3v) is 6.07. The first-order valence-electron chi connectivity index (χ1n) is 12.0. The van der Waals surface area contributed by atoms with Gasteiger partial charge in [-0.1, -0.05) is 0 Å². The van der Waals surface area contributed by atoms with Crippen LogP contribution in [0.5, 0.6) is 17.2 Å². The molecule has 1 aliphatic heterocycles. The molecule has 10 nitrogen and oxygen atoms in total. The van der Waals surface area contributed by atoms with E-state index in [2.05, 4.69) is 21.2 Å². The fourth-order valence-electron chi connectivity index (χ4n) is 4.13. The van der Waals surface area contributed by atoms with E-state index in [9.17, 15) is 13.2 Å². The summed E-state index contributed by atoms with van der Waals surface area (Å²) in [5.41, 5.74) is 5.77. The van der Waals surface area contributed by atoms with Gasteiger partial charge in [0.1, 0.15) is 28.6 Å². The Labute approximate surface area is 220 Å². The van der Waals surface area contributed by atoms with Crippen LogP contribution in [0.25, 0.3) is 22.2 Å². The maximum Gasteiger partial charge on any atom is 0.490 e. The smallest absolute Gasteiger partial charge is 0.490 e. The number of H-pyrrole nitrogens is 2. The highest BCUT2D eigenvalue weighted by atomic mass is 19.4. The zero-order valence-corrected chi connectivity index (χ0v) is 21.1. The highest BCUT2D eigenvalue weighted by Gasteiger charge is 2.38. The second kappa shape index (κ2) is 11.6. The number of aromatic nitrogens is 4. The van der Waals surface area contributed by atoms with E-state index in [1.54, 1.807) is 7.11 Å². The number of benzene rings is 2. The van der Waals surface area contributed by atoms with Gasteiger partial charge in [0, 0.05) is 24.3 Å². The summed E-state index contributed by atoms with van der Waals surface area (Å²) in [5, 5.41) is 23.4. The quantitative estimate of drug-likeness (QED) is 0.249. The zero-order valence-electron chi connectivity index (χ0n) is 21.1. The van der Waals surface area contributed by atoms with E-state index in [1.165, 1.54) is 0 Å². The average Bonchev–Trinajstić information content (AvgIpc) is 3.54. The molecule has 0 aliphatic carbocycles. The van der Waals surface area contributed by atoms with Gasteiger partial charge in [-0.3, -0.25) is 5.10 Å². The summed E-state index contributed by atoms with van der Waals surface area (Å²) in [6.45, 7) is 3.04. The number of fused-ring (bicyclic) bond motifs is 2. The molecule has 0 saturated carbocycles. The normalized spacial score (nSPS) is 14.7. The number of halogens is 3. The highest BCUT2D eigenvalue weighted by Crippen LogP contribution is 2.37. The number of hydrogen-bond donors (Lipinski definition) is 4. The summed E-state index contributed by atoms with van der Waals surface area (Å²) in [5.74, 6) is 0.592. The largest absolute Gasteiger partial charge is 0.497 e. The standard InChI is InChI=1S/C24H26N4O4.C2HF3O2/c1-14-19(12-25-28-14)15-10-20-23(22(11-15)31-7-3-6-29)27-24(26-20)17-8-16-9-18(30-2)4-5-21(16)32-13-17;3-2(4,5)1(6)7/h4-5,9-12,17,29H,3,6-8,13H2,1-2H3,(H,25,28)(H,26,27);(H,6,7). The number of nitrogens with one attached hydrogen (secondary N) is 2. The number of carboxylic acid groups (broad SMARTS) is 1. The summed E-state index contributed by atoms with van der Waals surface area (Å²) in [6, 6.07) is 9.95. The van der Waals surface area contributed by atoms with Crippen LogP contribution in [0.1, 0.15) is 29.4 Å². The maximum atomic E-state index is 10.6. The van der Waals surface area contributed by atoms with Crippen molar-refractivity contribution in [1.29, 1.82) is 0 Å². The van der Waals surface area contributed by atoms with Crippen LogP contribution >= 0.6 is 0 Å². The van der Waals surface area contributed by atoms with Crippen molar-refractivity contribution in [2.45, 2.75) is 31.9 Å². The van der Waals surface area contributed by atoms with Crippen LogP contribution in [0.2, 0.25) is 0 Å². The molecular weight excluding hydrogens is 521 g/mol. The van der Waals surface area contributed by atoms with Crippen molar-refractivity contribution in [2.75, 3.05) is 26.9 Å². The van der Waals surface area contributed by atoms with Crippen LogP contribution in [0.15, 0.2) is 36.5 Å². The number of ether oxygens (including phenoxy) is 3. The van der Waals surface area contributed by atoms with E-state index in [1.807, 2.05) is 37.4 Å². The van der Waals surface area contributed by atoms with Crippen molar-refractivity contribution < 1.29 is 42.4 Å². The Bertz CT molecular complexity index is 1450. The molecule has 0 radical (unpaired) electrons. The molecule has 2 aromatic heterocycles. The molecule has 39 heavy (non-hydrogen) atoms. The number of imidazole rings is 1. The van der Waals surface area contributed by atoms with Crippen molar-refractivity contribution in [3.05, 3.63) is 53.6 Å². The lowest BCUT2D eigenvalue weighted by atomic mass is 9.96. The van der Waals surface area contributed by atoms with Gasteiger partial charge in [-0.15, -0.1) is 0 Å². The molecule has 1 unspecified atom stereocenters. The van der Waals surface area contributed by atoms with Gasteiger partial charge in [-0.05, 0) is 54.8 Å². The predicted molar refractivity (Wildman–Crippen MR) is 134 cm³/mol. The monoisotopic (exact) mass is 548 g/mol. The zero-order chi connectivity index (χ0) is 28.2. The number of aliphatic hydroxyl groups is 1. The van der Waals surface area contributed by atoms with E-state index < -0.39 is 12.1 Å². The molecule has 4 N–H and O–H groups in total. The Morgan fingerprint density at radius 3 is 2.67 bits per heavy atom. The van der Waals surface area contributed by atoms with Gasteiger partial charge < -0.3 is 29.4 Å². The predicted octanol–water partition coefficient (Wildman–Crippen LogP) is 4.38. The second-order valence-corrected chi connectivity index (χ2v) is 8.82. The summed E-state index contributed by atoms with van der Waals surface area (Å²) in [7, 11) is 1.67. The van der Waals surface area contributed by atoms with Crippen LogP contribution < -0.4 is 14.2 Å². The topological polar surface area (TPSA) is 143 Å². The molecule has 0 bridgehead atoms. The molecular formula is C26H27F3N4O6. The van der Waals surface area contributed by atoms with Crippen molar-refractivity contribution >= 4 is 17.0 Å². The minimum atomic E-state index is -5.08. The van der Waals surface area contributed by atoms with Crippen molar-refractivity contribution in [3.63, 3.8) is 0 Å². The third-order valence-electron chi connectivity index (χ3n) is 6.07. The number of nitrogens with zero attached hydrogens (tertiary/aromatic N) is 2. The molecule has 2 aromatic carbocycles. The van der Waals surface area contributed by atoms with Crippen molar-refractivity contribution in [1.82, 2.24) is 20.2 Å². The molecule has 208 valence electrons. The molecule has 0 fully saturated rings. The lowest BCUT2D eigenvalue weighted by Gasteiger charge is -2.24. The van der Waals surface area contributed by atoms with E-state index in [4.69, 9.17) is 34.2 Å². The molecule has 0 saturated heterocycles. The lowest BCUT2D eigenvalue weighted by molar-refractivity contribution is -0.192. The summed E-state index contributed by atoms with van der Waals surface area (Å²) in [4.78, 5) is 17.3. The van der Waals surface area contributed by atoms with Crippen LogP contribution in [0.4, 0.5) is 13.2 Å². The average molecular weight is 549 g/mol. The molecule has 3 heterocycles. The minimum Gasteiger partial charge on any atom is -0.497 e. The minimum absolute atomic E-state index is 0.0811. The molecule has 5 rings (SSSR count). The Morgan fingerprint density at radius 1 is 1.26 bits per heavy atom. The van der Waals surface area contributed by atoms with Gasteiger partial charge in [0.15, 0.2) is 0 Å². The Balaban J connectivity index is 0.000000448. The fraction of sp³-hybridized carbons (Fsp3) is 0.346. The molecule has 0 amide bonds. The van der Waals surface area contributed by atoms with E-state index in [-0.39, 0.29) is 12.5 Å². The number of methoxy groups -OCH3 is 1. The molecule has 4 aromatic rings. The maximum absolute atomic E-state index is 10.6. The molecule has 1 aliphatic rings. The third kappa shape index (κ3) is 6.42. The summed E-state index contributed by atoms with van der Waals surface area (Å²) in [6.07, 6.45) is -1.91. The SMILES string of the molecule is COc1ccc2c(c1)CC(c1nc3c(OCCCO)cc(-c4cn[nH]c4C)cc3[nH]1)CO2.O=C(O)C(F)(F)F. The van der Waals surface area contributed by atoms with Crippen molar-refractivity contribution in [2.24, 2.45) is 0 Å². The molecule has 13 heteroatoms. The lowest BCUT2D eigenvalue weighted by Crippen LogP contribution is -2.21. The van der Waals surface area contributed by atoms with Crippen LogP contribution in [-0.2, 0) is 11.2 Å². The van der Waals surface area contributed by atoms with Gasteiger partial charge in [-0.2, -0.15) is 18.3 Å². The first-order valence-corrected chi connectivity index (χ1v) is 12.0. The first kappa shape index (κ1) is 27.8. The van der Waals surface area contributed by atoms with Crippen molar-refractivity contribution in [3.8, 4) is 28.4 Å². The van der Waals surface area contributed by atoms with Gasteiger partial charge in [-0.25, -0.2) is 9.78 Å². The Morgan fingerprint density at radius 2 is 2.03 bits per heavy atom. The highest BCUT2D eigenvalue weighted by molar-refractivity contribution is 5.88. The number of rotatable bonds is 7. The van der Waals surface area contributed by atoms with Gasteiger partial charge in [0.25, 0.3) is 0 Å². The number of aliphatic carboxylic acids is 1. The van der Waals surface area contributed by atoms with Gasteiger partial charge in [0.2, 0.25) is 0 Å². The number of hydrogen-bond acceptors (Lipinski definition) is 7. The van der Waals surface area contributed by atoms with Crippen LogP contribution in [-0.4, -0.2) is 69.5 Å². The molecule has 0 spiro atoms. The van der Waals surface area contributed by atoms with Crippen LogP contribution in [0, 0.1) is 6.92 Å². The summed E-state index contributed by atoms with van der Waals surface area (Å²) >= 11 is 0. The Kier molecular flexibility index (Phi) is 8.29. The van der Waals surface area contributed by atoms with E-state index in [0.29, 0.717) is 25.4 Å². The number of alkyl halides is 3. The fourth-order valence-corrected chi connectivity index (χ4v) is 4.13. The number of carbonyl (C=O) groups is 1. The van der Waals surface area contributed by atoms with Gasteiger partial charge in [0.05, 0.1) is 38.0 Å². The number of aryl methyl sites for hydroxylation is 1. The van der Waals surface area contributed by atoms with E-state index >= 15 is 0 Å². The number of aliphatic hydroxyl groups excluding tert-OH is 1. The number of carboxylic acids is 1. The van der Waals surface area contributed by atoms with E-state index in [0.717, 1.165) is 57.2 Å². The second-order valence-electron chi connectivity index (χ2n) is 8.82. The Hall–Kier alpha value is -4.26. The summed E-state index contributed by atoms with van der Waals surface area (Å²) < 4.78 is 49.1. The first-order chi connectivity index (χ1) is 18.6. The van der Waals surface area contributed by atoms with Crippen LogP contribution in [0.3, 0.4) is 0 Å².